The van der Waals surface area contributed by atoms with Crippen molar-refractivity contribution >= 4 is 17.5 Å². The third-order valence-corrected chi connectivity index (χ3v) is 5.16. The molecular weight excluding hydrogens is 364 g/mol. The predicted molar refractivity (Wildman–Crippen MR) is 115 cm³/mol. The van der Waals surface area contributed by atoms with E-state index in [4.69, 9.17) is 4.74 Å². The van der Waals surface area contributed by atoms with Gasteiger partial charge in [0.1, 0.15) is 12.4 Å². The number of hydrogen-bond donors (Lipinski definition) is 2. The number of hydrogen-bond acceptors (Lipinski definition) is 3. The van der Waals surface area contributed by atoms with Crippen LogP contribution < -0.4 is 15.4 Å². The van der Waals surface area contributed by atoms with Gasteiger partial charge < -0.3 is 15.4 Å². The molecule has 2 aromatic rings. The van der Waals surface area contributed by atoms with Crippen molar-refractivity contribution in [2.75, 3.05) is 18.5 Å². The van der Waals surface area contributed by atoms with Gasteiger partial charge in [-0.2, -0.15) is 0 Å². The molecule has 0 aliphatic carbocycles. The van der Waals surface area contributed by atoms with Gasteiger partial charge in [0.05, 0.1) is 5.92 Å². The first kappa shape index (κ1) is 20.9. The van der Waals surface area contributed by atoms with Crippen LogP contribution in [0, 0.1) is 5.92 Å². The Bertz CT molecular complexity index is 820. The Morgan fingerprint density at radius 2 is 1.93 bits per heavy atom. The summed E-state index contributed by atoms with van der Waals surface area (Å²) in [7, 11) is 0. The Kier molecular flexibility index (Phi) is 7.68. The van der Waals surface area contributed by atoms with Gasteiger partial charge in [-0.25, -0.2) is 0 Å². The number of fused-ring (bicyclic) bond motifs is 1. The summed E-state index contributed by atoms with van der Waals surface area (Å²) in [6.45, 7) is 3.11. The number of aryl methyl sites for hydroxylation is 1. The molecule has 5 nitrogen and oxygen atoms in total. The Hall–Kier alpha value is -2.82. The van der Waals surface area contributed by atoms with Crippen molar-refractivity contribution in [1.82, 2.24) is 5.32 Å². The Morgan fingerprint density at radius 1 is 1.10 bits per heavy atom. The van der Waals surface area contributed by atoms with Gasteiger partial charge in [0.2, 0.25) is 11.8 Å². The maximum atomic E-state index is 12.5. The molecule has 154 valence electrons. The van der Waals surface area contributed by atoms with Gasteiger partial charge in [0.15, 0.2) is 0 Å². The second-order valence-corrected chi connectivity index (χ2v) is 7.57. The average molecular weight is 395 g/mol. The summed E-state index contributed by atoms with van der Waals surface area (Å²) in [6, 6.07) is 15.9. The first-order valence-electron chi connectivity index (χ1n) is 10.5. The third kappa shape index (κ3) is 6.34. The zero-order valence-electron chi connectivity index (χ0n) is 17.1. The molecule has 0 bridgehead atoms. The fourth-order valence-electron chi connectivity index (χ4n) is 3.49. The van der Waals surface area contributed by atoms with Crippen LogP contribution in [0.4, 0.5) is 5.69 Å². The molecule has 2 N–H and O–H groups in total. The summed E-state index contributed by atoms with van der Waals surface area (Å²) in [5.74, 6) is 0.646. The lowest BCUT2D eigenvalue weighted by atomic mass is 9.95. The molecule has 0 aromatic heterocycles. The highest BCUT2D eigenvalue weighted by Crippen LogP contribution is 2.30. The Labute approximate surface area is 172 Å². The first-order chi connectivity index (χ1) is 14.2. The molecule has 1 atom stereocenters. The average Bonchev–Trinajstić information content (AvgIpc) is 2.75. The van der Waals surface area contributed by atoms with Crippen LogP contribution in [0.2, 0.25) is 0 Å². The number of nitrogens with one attached hydrogen (secondary N) is 2. The van der Waals surface area contributed by atoms with Crippen LogP contribution in [0.15, 0.2) is 48.5 Å². The van der Waals surface area contributed by atoms with Crippen molar-refractivity contribution in [1.29, 1.82) is 0 Å². The quantitative estimate of drug-likeness (QED) is 0.629. The van der Waals surface area contributed by atoms with Crippen molar-refractivity contribution in [3.63, 3.8) is 0 Å². The highest BCUT2D eigenvalue weighted by Gasteiger charge is 2.26. The normalized spacial score (nSPS) is 15.1. The molecule has 2 amide bonds. The predicted octanol–water partition coefficient (Wildman–Crippen LogP) is 4.12. The van der Waals surface area contributed by atoms with Crippen molar-refractivity contribution in [3.8, 4) is 5.75 Å². The van der Waals surface area contributed by atoms with Crippen molar-refractivity contribution in [2.45, 2.75) is 45.4 Å². The minimum Gasteiger partial charge on any atom is -0.492 e. The van der Waals surface area contributed by atoms with Crippen molar-refractivity contribution < 1.29 is 14.3 Å². The minimum atomic E-state index is -0.203. The molecule has 29 heavy (non-hydrogen) atoms. The molecule has 0 unspecified atom stereocenters. The lowest BCUT2D eigenvalue weighted by molar-refractivity contribution is -0.126. The third-order valence-electron chi connectivity index (χ3n) is 5.16. The largest absolute Gasteiger partial charge is 0.492 e. The summed E-state index contributed by atoms with van der Waals surface area (Å²) in [5.41, 5.74) is 3.01. The molecule has 0 radical (unpaired) electrons. The van der Waals surface area contributed by atoms with Crippen molar-refractivity contribution in [2.24, 2.45) is 5.92 Å². The van der Waals surface area contributed by atoms with Crippen LogP contribution in [0.1, 0.15) is 43.7 Å². The van der Waals surface area contributed by atoms with Crippen LogP contribution in [0.25, 0.3) is 0 Å². The van der Waals surface area contributed by atoms with Gasteiger partial charge in [0.25, 0.3) is 0 Å². The molecule has 1 heterocycles. The molecule has 0 saturated heterocycles. The van der Waals surface area contributed by atoms with E-state index in [2.05, 4.69) is 29.7 Å². The van der Waals surface area contributed by atoms with Crippen LogP contribution in [-0.4, -0.2) is 25.0 Å². The van der Waals surface area contributed by atoms with Crippen LogP contribution >= 0.6 is 0 Å². The fourth-order valence-corrected chi connectivity index (χ4v) is 3.49. The number of unbranched alkanes of at least 4 members (excludes halogenated alkanes) is 1. The number of carbonyl (C=O) groups is 2. The van der Waals surface area contributed by atoms with E-state index < -0.39 is 0 Å². The minimum absolute atomic E-state index is 0.0243. The lowest BCUT2D eigenvalue weighted by Gasteiger charge is -2.25. The summed E-state index contributed by atoms with van der Waals surface area (Å²) in [6.07, 6.45) is 4.89. The van der Waals surface area contributed by atoms with E-state index in [0.29, 0.717) is 26.0 Å². The standard InChI is InChI=1S/C24H30N2O3/c1-2-3-11-23(27)26-21-12-13-22-19(16-21)15-20(17-29-22)24(28)25-14-7-10-18-8-5-4-6-9-18/h4-6,8-9,12-13,16,20H,2-3,7,10-11,14-15,17H2,1H3,(H,25,28)(H,26,27)/t20-/m1/s1. The van der Waals surface area contributed by atoms with E-state index in [1.54, 1.807) is 0 Å². The van der Waals surface area contributed by atoms with E-state index in [1.165, 1.54) is 5.56 Å². The second-order valence-electron chi connectivity index (χ2n) is 7.57. The van der Waals surface area contributed by atoms with Crippen molar-refractivity contribution in [3.05, 3.63) is 59.7 Å². The van der Waals surface area contributed by atoms with Crippen LogP contribution in [0.3, 0.4) is 0 Å². The van der Waals surface area contributed by atoms with Crippen LogP contribution in [-0.2, 0) is 22.4 Å². The number of rotatable bonds is 9. The molecule has 3 rings (SSSR count). The van der Waals surface area contributed by atoms with Crippen LogP contribution in [0.5, 0.6) is 5.75 Å². The molecule has 1 aliphatic rings. The van der Waals surface area contributed by atoms with E-state index >= 15 is 0 Å². The summed E-state index contributed by atoms with van der Waals surface area (Å²) >= 11 is 0. The Morgan fingerprint density at radius 3 is 2.72 bits per heavy atom. The van der Waals surface area contributed by atoms with Gasteiger partial charge in [-0.3, -0.25) is 9.59 Å². The highest BCUT2D eigenvalue weighted by molar-refractivity contribution is 5.91. The molecule has 2 aromatic carbocycles. The molecule has 0 fully saturated rings. The number of benzene rings is 2. The molecule has 0 saturated carbocycles. The molecule has 0 spiro atoms. The van der Waals surface area contributed by atoms with Gasteiger partial charge in [-0.15, -0.1) is 0 Å². The summed E-state index contributed by atoms with van der Waals surface area (Å²) in [5, 5.41) is 5.97. The maximum absolute atomic E-state index is 12.5. The summed E-state index contributed by atoms with van der Waals surface area (Å²) in [4.78, 5) is 24.5. The summed E-state index contributed by atoms with van der Waals surface area (Å²) < 4.78 is 5.78. The first-order valence-corrected chi connectivity index (χ1v) is 10.5. The molecular formula is C24H30N2O3. The Balaban J connectivity index is 1.48. The van der Waals surface area contributed by atoms with Gasteiger partial charge in [0, 0.05) is 18.7 Å². The highest BCUT2D eigenvalue weighted by atomic mass is 16.5. The molecule has 1 aliphatic heterocycles. The number of anilines is 1. The van der Waals surface area contributed by atoms with E-state index in [1.807, 2.05) is 36.4 Å². The molecule has 5 heteroatoms. The van der Waals surface area contributed by atoms with E-state index in [9.17, 15) is 9.59 Å². The van der Waals surface area contributed by atoms with E-state index in [0.717, 1.165) is 42.7 Å². The smallest absolute Gasteiger partial charge is 0.226 e. The topological polar surface area (TPSA) is 67.4 Å². The van der Waals surface area contributed by atoms with Gasteiger partial charge in [-0.1, -0.05) is 43.7 Å². The monoisotopic (exact) mass is 394 g/mol. The zero-order valence-corrected chi connectivity index (χ0v) is 17.1. The number of amides is 2. The van der Waals surface area contributed by atoms with Gasteiger partial charge >= 0.3 is 0 Å². The fraction of sp³-hybridized carbons (Fsp3) is 0.417. The SMILES string of the molecule is CCCCC(=O)Nc1ccc2c(c1)C[C@@H](C(=O)NCCCc1ccccc1)CO2. The second kappa shape index (κ2) is 10.6. The van der Waals surface area contributed by atoms with E-state index in [-0.39, 0.29) is 17.7 Å². The number of carbonyl (C=O) groups excluding carboxylic acids is 2. The zero-order chi connectivity index (χ0) is 20.5. The lowest BCUT2D eigenvalue weighted by Crippen LogP contribution is -2.37. The van der Waals surface area contributed by atoms with Gasteiger partial charge in [-0.05, 0) is 55.0 Å². The number of ether oxygens (including phenoxy) is 1. The maximum Gasteiger partial charge on any atom is 0.226 e.